The summed E-state index contributed by atoms with van der Waals surface area (Å²) in [5.74, 6) is -0.220. The van der Waals surface area contributed by atoms with E-state index in [0.717, 1.165) is 5.56 Å². The minimum absolute atomic E-state index is 0.0922. The lowest BCUT2D eigenvalue weighted by Crippen LogP contribution is -2.56. The fourth-order valence-corrected chi connectivity index (χ4v) is 2.74. The Morgan fingerprint density at radius 1 is 1.14 bits per heavy atom. The van der Waals surface area contributed by atoms with Crippen LogP contribution in [0.4, 0.5) is 13.2 Å². The zero-order valence-corrected chi connectivity index (χ0v) is 12.7. The second-order valence-corrected chi connectivity index (χ2v) is 6.31. The van der Waals surface area contributed by atoms with Gasteiger partial charge < -0.3 is 10.0 Å². The van der Waals surface area contributed by atoms with E-state index in [1.54, 1.807) is 13.8 Å². The number of carbonyl (C=O) groups is 1. The number of benzene rings is 1. The summed E-state index contributed by atoms with van der Waals surface area (Å²) in [5.41, 5.74) is -2.67. The smallest absolute Gasteiger partial charge is 0.380 e. The molecule has 0 spiro atoms. The molecule has 0 bridgehead atoms. The average molecular weight is 315 g/mol. The molecule has 0 aromatic heterocycles. The molecular weight excluding hydrogens is 295 g/mol. The van der Waals surface area contributed by atoms with E-state index in [1.807, 2.05) is 30.3 Å². The van der Waals surface area contributed by atoms with E-state index in [0.29, 0.717) is 0 Å². The van der Waals surface area contributed by atoms with Gasteiger partial charge in [-0.3, -0.25) is 4.79 Å². The molecule has 1 fully saturated rings. The van der Waals surface area contributed by atoms with Crippen LogP contribution in [0.5, 0.6) is 0 Å². The number of aliphatic hydroxyl groups is 1. The second kappa shape index (κ2) is 5.57. The van der Waals surface area contributed by atoms with Gasteiger partial charge in [0.2, 0.25) is 5.91 Å². The summed E-state index contributed by atoms with van der Waals surface area (Å²) in [6.45, 7) is 3.33. The van der Waals surface area contributed by atoms with Crippen molar-refractivity contribution in [1.82, 2.24) is 4.90 Å². The maximum absolute atomic E-state index is 12.8. The van der Waals surface area contributed by atoms with Gasteiger partial charge in [-0.15, -0.1) is 0 Å². The zero-order valence-electron chi connectivity index (χ0n) is 12.7. The van der Waals surface area contributed by atoms with Crippen molar-refractivity contribution in [3.63, 3.8) is 0 Å². The van der Waals surface area contributed by atoms with Crippen molar-refractivity contribution < 1.29 is 23.1 Å². The molecule has 1 aliphatic rings. The van der Waals surface area contributed by atoms with E-state index in [2.05, 4.69) is 0 Å². The molecule has 3 nitrogen and oxygen atoms in total. The lowest BCUT2D eigenvalue weighted by molar-refractivity contribution is -0.272. The number of nitrogens with zero attached hydrogens (tertiary/aromatic N) is 1. The third-order valence-corrected chi connectivity index (χ3v) is 4.44. The van der Waals surface area contributed by atoms with Gasteiger partial charge in [-0.05, 0) is 19.4 Å². The first kappa shape index (κ1) is 16.8. The summed E-state index contributed by atoms with van der Waals surface area (Å²) in [4.78, 5) is 14.1. The van der Waals surface area contributed by atoms with E-state index in [9.17, 15) is 23.1 Å². The van der Waals surface area contributed by atoms with Crippen LogP contribution in [0.25, 0.3) is 0 Å². The van der Waals surface area contributed by atoms with E-state index in [1.165, 1.54) is 4.90 Å². The Balaban J connectivity index is 2.10. The van der Waals surface area contributed by atoms with Crippen molar-refractivity contribution in [2.45, 2.75) is 43.9 Å². The van der Waals surface area contributed by atoms with E-state index >= 15 is 0 Å². The maximum atomic E-state index is 12.8. The first-order chi connectivity index (χ1) is 10.1. The molecule has 0 atom stereocenters. The van der Waals surface area contributed by atoms with Crippen LogP contribution in [0.1, 0.15) is 32.3 Å². The van der Waals surface area contributed by atoms with Gasteiger partial charge >= 0.3 is 6.18 Å². The molecule has 1 N–H and O–H groups in total. The molecule has 1 heterocycles. The van der Waals surface area contributed by atoms with Gasteiger partial charge in [0.25, 0.3) is 0 Å². The maximum Gasteiger partial charge on any atom is 0.417 e. The lowest BCUT2D eigenvalue weighted by atomic mass is 9.82. The predicted molar refractivity (Wildman–Crippen MR) is 76.3 cm³/mol. The minimum Gasteiger partial charge on any atom is -0.380 e. The van der Waals surface area contributed by atoms with Gasteiger partial charge in [-0.25, -0.2) is 0 Å². The molecule has 0 unspecified atom stereocenters. The summed E-state index contributed by atoms with van der Waals surface area (Å²) in [5, 5.41) is 9.66. The Morgan fingerprint density at radius 3 is 2.09 bits per heavy atom. The Morgan fingerprint density at radius 2 is 1.64 bits per heavy atom. The van der Waals surface area contributed by atoms with Crippen molar-refractivity contribution in [3.05, 3.63) is 35.9 Å². The molecule has 1 aromatic rings. The lowest BCUT2D eigenvalue weighted by Gasteiger charge is -2.41. The summed E-state index contributed by atoms with van der Waals surface area (Å²) in [6, 6.07) is 9.14. The summed E-state index contributed by atoms with van der Waals surface area (Å²) < 4.78 is 38.4. The fraction of sp³-hybridized carbons (Fsp3) is 0.562. The fourth-order valence-electron chi connectivity index (χ4n) is 2.74. The number of hydrogen-bond acceptors (Lipinski definition) is 2. The van der Waals surface area contributed by atoms with Crippen LogP contribution >= 0.6 is 0 Å². The highest BCUT2D eigenvalue weighted by molar-refractivity contribution is 5.87. The third kappa shape index (κ3) is 2.97. The molecule has 1 amide bonds. The second-order valence-electron chi connectivity index (χ2n) is 6.31. The van der Waals surface area contributed by atoms with Crippen LogP contribution in [0.15, 0.2) is 30.3 Å². The molecular formula is C16H20F3NO2. The van der Waals surface area contributed by atoms with Crippen molar-refractivity contribution in [3.8, 4) is 0 Å². The zero-order chi connectivity index (χ0) is 16.6. The standard InChI is InChI=1S/C16H20F3NO2/c1-14(2,12-6-4-3-5-7-12)13(21)20-10-8-15(22,9-11-20)16(17,18)19/h3-7,22H,8-11H2,1-2H3. The number of rotatable bonds is 2. The van der Waals surface area contributed by atoms with Crippen LogP contribution in [-0.4, -0.2) is 40.8 Å². The van der Waals surface area contributed by atoms with Gasteiger partial charge in [0.05, 0.1) is 5.41 Å². The molecule has 2 rings (SSSR count). The molecule has 1 aromatic carbocycles. The molecule has 1 aliphatic heterocycles. The van der Waals surface area contributed by atoms with Crippen molar-refractivity contribution in [1.29, 1.82) is 0 Å². The SMILES string of the molecule is CC(C)(C(=O)N1CCC(O)(C(F)(F)F)CC1)c1ccccc1. The highest BCUT2D eigenvalue weighted by Gasteiger charge is 2.55. The van der Waals surface area contributed by atoms with Crippen molar-refractivity contribution in [2.24, 2.45) is 0 Å². The quantitative estimate of drug-likeness (QED) is 0.911. The number of alkyl halides is 3. The van der Waals surface area contributed by atoms with Crippen molar-refractivity contribution in [2.75, 3.05) is 13.1 Å². The molecule has 0 saturated carbocycles. The third-order valence-electron chi connectivity index (χ3n) is 4.44. The Kier molecular flexibility index (Phi) is 4.26. The van der Waals surface area contributed by atoms with Crippen LogP contribution in [0, 0.1) is 0 Å². The number of likely N-dealkylation sites (tertiary alicyclic amines) is 1. The Bertz CT molecular complexity index is 532. The number of carbonyl (C=O) groups excluding carboxylic acids is 1. The van der Waals surface area contributed by atoms with Crippen LogP contribution in [0.3, 0.4) is 0 Å². The topological polar surface area (TPSA) is 40.5 Å². The molecule has 1 saturated heterocycles. The largest absolute Gasteiger partial charge is 0.417 e. The predicted octanol–water partition coefficient (Wildman–Crippen LogP) is 2.88. The van der Waals surface area contributed by atoms with Crippen LogP contribution in [0.2, 0.25) is 0 Å². The summed E-state index contributed by atoms with van der Waals surface area (Å²) in [6.07, 6.45) is -5.61. The van der Waals surface area contributed by atoms with E-state index in [-0.39, 0.29) is 19.0 Å². The highest BCUT2D eigenvalue weighted by atomic mass is 19.4. The molecule has 122 valence electrons. The first-order valence-corrected chi connectivity index (χ1v) is 7.22. The Labute approximate surface area is 127 Å². The molecule has 0 radical (unpaired) electrons. The van der Waals surface area contributed by atoms with E-state index < -0.39 is 30.0 Å². The minimum atomic E-state index is -4.66. The van der Waals surface area contributed by atoms with Gasteiger partial charge in [0.15, 0.2) is 5.60 Å². The summed E-state index contributed by atoms with van der Waals surface area (Å²) in [7, 11) is 0. The number of halogens is 3. The number of amides is 1. The molecule has 0 aliphatic carbocycles. The average Bonchev–Trinajstić information content (AvgIpc) is 2.47. The monoisotopic (exact) mass is 315 g/mol. The van der Waals surface area contributed by atoms with Gasteiger partial charge in [-0.1, -0.05) is 30.3 Å². The van der Waals surface area contributed by atoms with E-state index in [4.69, 9.17) is 0 Å². The first-order valence-electron chi connectivity index (χ1n) is 7.22. The van der Waals surface area contributed by atoms with Crippen LogP contribution < -0.4 is 0 Å². The van der Waals surface area contributed by atoms with Gasteiger partial charge in [0, 0.05) is 25.9 Å². The number of piperidine rings is 1. The van der Waals surface area contributed by atoms with Gasteiger partial charge in [-0.2, -0.15) is 13.2 Å². The molecule has 6 heteroatoms. The summed E-state index contributed by atoms with van der Waals surface area (Å²) >= 11 is 0. The number of hydrogen-bond donors (Lipinski definition) is 1. The normalized spacial score (nSPS) is 19.1. The Hall–Kier alpha value is -1.56. The van der Waals surface area contributed by atoms with Gasteiger partial charge in [0.1, 0.15) is 0 Å². The van der Waals surface area contributed by atoms with Crippen molar-refractivity contribution >= 4 is 5.91 Å². The van der Waals surface area contributed by atoms with Crippen LogP contribution in [-0.2, 0) is 10.2 Å². The highest BCUT2D eigenvalue weighted by Crippen LogP contribution is 2.39. The molecule has 22 heavy (non-hydrogen) atoms.